The van der Waals surface area contributed by atoms with E-state index in [1.54, 1.807) is 12.1 Å². The Morgan fingerprint density at radius 1 is 0.967 bits per heavy atom. The van der Waals surface area contributed by atoms with Gasteiger partial charge in [0, 0.05) is 17.7 Å². The lowest BCUT2D eigenvalue weighted by Crippen LogP contribution is -2.32. The Morgan fingerprint density at radius 3 is 2.50 bits per heavy atom. The number of carbonyl (C=O) groups excluding carboxylic acids is 1. The van der Waals surface area contributed by atoms with Crippen molar-refractivity contribution in [2.24, 2.45) is 0 Å². The first-order chi connectivity index (χ1) is 14.6. The molecule has 0 radical (unpaired) electrons. The van der Waals surface area contributed by atoms with E-state index in [1.165, 1.54) is 18.2 Å². The van der Waals surface area contributed by atoms with Gasteiger partial charge in [-0.05, 0) is 49.4 Å². The van der Waals surface area contributed by atoms with Gasteiger partial charge in [-0.1, -0.05) is 6.07 Å². The maximum Gasteiger partial charge on any atom is 0.258 e. The molecule has 1 N–H and O–H groups in total. The van der Waals surface area contributed by atoms with E-state index >= 15 is 0 Å². The number of ether oxygens (including phenoxy) is 3. The molecule has 0 bridgehead atoms. The summed E-state index contributed by atoms with van der Waals surface area (Å²) in [5.74, 6) is 0.701. The van der Waals surface area contributed by atoms with Crippen LogP contribution in [0.2, 0.25) is 0 Å². The average Bonchev–Trinajstić information content (AvgIpc) is 2.77. The maximum absolute atomic E-state index is 13.1. The van der Waals surface area contributed by atoms with Gasteiger partial charge in [0.15, 0.2) is 6.61 Å². The predicted molar refractivity (Wildman–Crippen MR) is 109 cm³/mol. The fourth-order valence-corrected chi connectivity index (χ4v) is 2.54. The van der Waals surface area contributed by atoms with E-state index in [2.05, 4.69) is 15.5 Å². The Kier molecular flexibility index (Phi) is 7.54. The van der Waals surface area contributed by atoms with Crippen LogP contribution in [0.25, 0.3) is 11.3 Å². The smallest absolute Gasteiger partial charge is 0.258 e. The summed E-state index contributed by atoms with van der Waals surface area (Å²) < 4.78 is 29.2. The molecule has 1 heterocycles. The number of nitrogens with zero attached hydrogens (tertiary/aromatic N) is 2. The minimum atomic E-state index is -0.420. The normalized spacial score (nSPS) is 10.3. The van der Waals surface area contributed by atoms with Crippen molar-refractivity contribution in [2.75, 3.05) is 26.4 Å². The van der Waals surface area contributed by atoms with Crippen LogP contribution in [-0.4, -0.2) is 42.5 Å². The van der Waals surface area contributed by atoms with E-state index in [9.17, 15) is 9.18 Å². The van der Waals surface area contributed by atoms with Crippen LogP contribution in [-0.2, 0) is 4.79 Å². The number of hydrogen-bond donors (Lipinski definition) is 1. The molecule has 0 saturated heterocycles. The largest absolute Gasteiger partial charge is 0.494 e. The molecule has 1 amide bonds. The molecule has 156 valence electrons. The average molecular weight is 411 g/mol. The highest BCUT2D eigenvalue weighted by molar-refractivity contribution is 5.77. The zero-order valence-corrected chi connectivity index (χ0v) is 16.5. The Morgan fingerprint density at radius 2 is 1.80 bits per heavy atom. The van der Waals surface area contributed by atoms with Crippen molar-refractivity contribution in [2.45, 2.75) is 6.92 Å². The molecule has 0 saturated carbocycles. The molecule has 2 aromatic carbocycles. The zero-order valence-electron chi connectivity index (χ0n) is 16.5. The summed E-state index contributed by atoms with van der Waals surface area (Å²) in [6.45, 7) is 2.84. The molecule has 0 aliphatic carbocycles. The van der Waals surface area contributed by atoms with E-state index in [0.717, 1.165) is 11.3 Å². The molecule has 0 aliphatic heterocycles. The highest BCUT2D eigenvalue weighted by Crippen LogP contribution is 2.21. The van der Waals surface area contributed by atoms with E-state index in [-0.39, 0.29) is 25.7 Å². The molecule has 0 atom stereocenters. The molecule has 3 rings (SSSR count). The van der Waals surface area contributed by atoms with Gasteiger partial charge in [0.1, 0.15) is 23.9 Å². The summed E-state index contributed by atoms with van der Waals surface area (Å²) in [4.78, 5) is 11.8. The Hall–Kier alpha value is -3.68. The molecular weight excluding hydrogens is 389 g/mol. The molecule has 7 nitrogen and oxygen atoms in total. The van der Waals surface area contributed by atoms with Crippen LogP contribution in [0.3, 0.4) is 0 Å². The minimum Gasteiger partial charge on any atom is -0.494 e. The zero-order chi connectivity index (χ0) is 21.2. The van der Waals surface area contributed by atoms with Crippen molar-refractivity contribution in [1.29, 1.82) is 0 Å². The molecule has 0 spiro atoms. The van der Waals surface area contributed by atoms with Gasteiger partial charge < -0.3 is 19.5 Å². The third-order valence-corrected chi connectivity index (χ3v) is 3.94. The summed E-state index contributed by atoms with van der Waals surface area (Å²) >= 11 is 0. The Labute approximate surface area is 173 Å². The summed E-state index contributed by atoms with van der Waals surface area (Å²) in [5, 5.41) is 10.8. The number of nitrogens with one attached hydrogen (secondary N) is 1. The van der Waals surface area contributed by atoms with Crippen LogP contribution in [0.1, 0.15) is 6.92 Å². The second-order valence-corrected chi connectivity index (χ2v) is 6.16. The summed E-state index contributed by atoms with van der Waals surface area (Å²) in [6.07, 6.45) is 0. The molecule has 0 unspecified atom stereocenters. The second-order valence-electron chi connectivity index (χ2n) is 6.16. The number of hydrogen-bond acceptors (Lipinski definition) is 6. The number of benzene rings is 2. The second kappa shape index (κ2) is 10.8. The molecule has 30 heavy (non-hydrogen) atoms. The summed E-state index contributed by atoms with van der Waals surface area (Å²) in [5.41, 5.74) is 1.64. The first kappa shape index (κ1) is 21.0. The SMILES string of the molecule is CCOc1ccc(-c2ccc(OCCNC(=O)COc3cccc(F)c3)nn2)cc1. The third kappa shape index (κ3) is 6.44. The van der Waals surface area contributed by atoms with Gasteiger partial charge in [0.2, 0.25) is 5.88 Å². The van der Waals surface area contributed by atoms with Crippen molar-refractivity contribution >= 4 is 5.91 Å². The Balaban J connectivity index is 1.38. The highest BCUT2D eigenvalue weighted by atomic mass is 19.1. The van der Waals surface area contributed by atoms with Crippen molar-refractivity contribution in [3.63, 3.8) is 0 Å². The van der Waals surface area contributed by atoms with Crippen molar-refractivity contribution < 1.29 is 23.4 Å². The van der Waals surface area contributed by atoms with Gasteiger partial charge in [0.25, 0.3) is 5.91 Å². The Bertz CT molecular complexity index is 949. The number of rotatable bonds is 10. The molecule has 1 aromatic heterocycles. The van der Waals surface area contributed by atoms with Crippen LogP contribution in [0, 0.1) is 5.82 Å². The quantitative estimate of drug-likeness (QED) is 0.516. The van der Waals surface area contributed by atoms with Crippen LogP contribution >= 0.6 is 0 Å². The fourth-order valence-electron chi connectivity index (χ4n) is 2.54. The predicted octanol–water partition coefficient (Wildman–Crippen LogP) is 3.26. The lowest BCUT2D eigenvalue weighted by atomic mass is 10.1. The first-order valence-electron chi connectivity index (χ1n) is 9.49. The molecule has 3 aromatic rings. The van der Waals surface area contributed by atoms with E-state index in [1.807, 2.05) is 37.3 Å². The lowest BCUT2D eigenvalue weighted by molar-refractivity contribution is -0.123. The monoisotopic (exact) mass is 411 g/mol. The third-order valence-electron chi connectivity index (χ3n) is 3.94. The molecular formula is C22H22FN3O4. The van der Waals surface area contributed by atoms with Gasteiger partial charge in [-0.15, -0.1) is 10.2 Å². The summed E-state index contributed by atoms with van der Waals surface area (Å²) in [6, 6.07) is 16.7. The molecule has 0 aliphatic rings. The van der Waals surface area contributed by atoms with E-state index in [4.69, 9.17) is 14.2 Å². The first-order valence-corrected chi connectivity index (χ1v) is 9.49. The highest BCUT2D eigenvalue weighted by Gasteiger charge is 2.05. The number of aromatic nitrogens is 2. The van der Waals surface area contributed by atoms with Crippen LogP contribution in [0.15, 0.2) is 60.7 Å². The lowest BCUT2D eigenvalue weighted by Gasteiger charge is -2.09. The molecule has 0 fully saturated rings. The number of halogens is 1. The van der Waals surface area contributed by atoms with Crippen molar-refractivity contribution in [3.8, 4) is 28.6 Å². The standard InChI is InChI=1S/C22H22FN3O4/c1-2-28-18-8-6-16(7-9-18)20-10-11-22(26-25-20)29-13-12-24-21(27)15-30-19-5-3-4-17(23)14-19/h3-11,14H,2,12-13,15H2,1H3,(H,24,27). The van der Waals surface area contributed by atoms with E-state index in [0.29, 0.717) is 23.9 Å². The van der Waals surface area contributed by atoms with Crippen molar-refractivity contribution in [3.05, 3.63) is 66.5 Å². The summed E-state index contributed by atoms with van der Waals surface area (Å²) in [7, 11) is 0. The number of carbonyl (C=O) groups is 1. The van der Waals surface area contributed by atoms with Gasteiger partial charge in [0.05, 0.1) is 18.8 Å². The van der Waals surface area contributed by atoms with Gasteiger partial charge in [-0.2, -0.15) is 0 Å². The van der Waals surface area contributed by atoms with Gasteiger partial charge >= 0.3 is 0 Å². The van der Waals surface area contributed by atoms with Gasteiger partial charge in [-0.25, -0.2) is 4.39 Å². The minimum absolute atomic E-state index is 0.208. The van der Waals surface area contributed by atoms with Crippen LogP contribution in [0.4, 0.5) is 4.39 Å². The van der Waals surface area contributed by atoms with Crippen molar-refractivity contribution in [1.82, 2.24) is 15.5 Å². The fraction of sp³-hybridized carbons (Fsp3) is 0.227. The van der Waals surface area contributed by atoms with Crippen LogP contribution < -0.4 is 19.5 Å². The number of amides is 1. The maximum atomic E-state index is 13.1. The van der Waals surface area contributed by atoms with E-state index < -0.39 is 5.82 Å². The topological polar surface area (TPSA) is 82.6 Å². The molecule has 8 heteroatoms. The van der Waals surface area contributed by atoms with Gasteiger partial charge in [-0.3, -0.25) is 4.79 Å². The van der Waals surface area contributed by atoms with Crippen LogP contribution in [0.5, 0.6) is 17.4 Å².